The Bertz CT molecular complexity index is 155. The minimum atomic E-state index is 0.533. The molecule has 0 amide bonds. The van der Waals surface area contributed by atoms with Crippen molar-refractivity contribution in [2.45, 2.75) is 57.2 Å². The summed E-state index contributed by atoms with van der Waals surface area (Å²) in [5, 5.41) is 3.50. The number of ether oxygens (including phenoxy) is 2. The first-order valence-electron chi connectivity index (χ1n) is 6.89. The van der Waals surface area contributed by atoms with Crippen molar-refractivity contribution in [1.29, 1.82) is 0 Å². The fourth-order valence-electron chi connectivity index (χ4n) is 2.59. The van der Waals surface area contributed by atoms with Gasteiger partial charge in [-0.25, -0.2) is 0 Å². The van der Waals surface area contributed by atoms with Crippen molar-refractivity contribution < 1.29 is 9.47 Å². The Morgan fingerprint density at radius 3 is 2.19 bits per heavy atom. The lowest BCUT2D eigenvalue weighted by Gasteiger charge is -2.11. The van der Waals surface area contributed by atoms with Gasteiger partial charge in [-0.05, 0) is 58.0 Å². The lowest BCUT2D eigenvalue weighted by molar-refractivity contribution is 0.0999. The van der Waals surface area contributed by atoms with Gasteiger partial charge in [-0.3, -0.25) is 0 Å². The molecule has 3 heteroatoms. The number of hydrogen-bond donors (Lipinski definition) is 1. The SMILES string of the molecule is C(CNCCC1CCCO1)CC1CCCO1. The van der Waals surface area contributed by atoms with E-state index in [1.807, 2.05) is 0 Å². The molecule has 2 aliphatic rings. The van der Waals surface area contributed by atoms with E-state index < -0.39 is 0 Å². The van der Waals surface area contributed by atoms with Crippen molar-refractivity contribution in [3.05, 3.63) is 0 Å². The molecule has 3 nitrogen and oxygen atoms in total. The van der Waals surface area contributed by atoms with E-state index in [9.17, 15) is 0 Å². The van der Waals surface area contributed by atoms with Gasteiger partial charge in [0.05, 0.1) is 12.2 Å². The monoisotopic (exact) mass is 227 g/mol. The molecule has 2 rings (SSSR count). The summed E-state index contributed by atoms with van der Waals surface area (Å²) in [5.74, 6) is 0. The summed E-state index contributed by atoms with van der Waals surface area (Å²) in [7, 11) is 0. The summed E-state index contributed by atoms with van der Waals surface area (Å²) >= 11 is 0. The van der Waals surface area contributed by atoms with Crippen molar-refractivity contribution in [2.75, 3.05) is 26.3 Å². The van der Waals surface area contributed by atoms with Crippen LogP contribution in [-0.2, 0) is 9.47 Å². The molecule has 2 aliphatic heterocycles. The Morgan fingerprint density at radius 1 is 0.875 bits per heavy atom. The number of rotatable bonds is 7. The van der Waals surface area contributed by atoms with Gasteiger partial charge in [0.25, 0.3) is 0 Å². The third kappa shape index (κ3) is 4.40. The first-order valence-corrected chi connectivity index (χ1v) is 6.89. The average Bonchev–Trinajstić information content (AvgIpc) is 2.96. The molecule has 0 aromatic heterocycles. The van der Waals surface area contributed by atoms with E-state index in [2.05, 4.69) is 5.32 Å². The van der Waals surface area contributed by atoms with Crippen LogP contribution in [-0.4, -0.2) is 38.5 Å². The van der Waals surface area contributed by atoms with Gasteiger partial charge in [-0.2, -0.15) is 0 Å². The van der Waals surface area contributed by atoms with E-state index in [1.165, 1.54) is 44.9 Å². The molecule has 2 saturated heterocycles. The van der Waals surface area contributed by atoms with Gasteiger partial charge < -0.3 is 14.8 Å². The minimum Gasteiger partial charge on any atom is -0.378 e. The standard InChI is InChI=1S/C13H25NO2/c1(4-12-5-2-10-15-12)8-14-9-7-13-6-3-11-16-13/h12-14H,1-11H2. The molecule has 0 aromatic rings. The molecule has 2 heterocycles. The molecule has 2 atom stereocenters. The molecule has 0 bridgehead atoms. The highest BCUT2D eigenvalue weighted by atomic mass is 16.5. The lowest BCUT2D eigenvalue weighted by atomic mass is 10.1. The maximum atomic E-state index is 5.59. The molecule has 16 heavy (non-hydrogen) atoms. The molecule has 1 N–H and O–H groups in total. The zero-order valence-electron chi connectivity index (χ0n) is 10.2. The first-order chi connectivity index (χ1) is 7.95. The molecule has 2 fully saturated rings. The van der Waals surface area contributed by atoms with Crippen LogP contribution in [0, 0.1) is 0 Å². The predicted molar refractivity (Wildman–Crippen MR) is 64.7 cm³/mol. The van der Waals surface area contributed by atoms with Gasteiger partial charge in [0, 0.05) is 13.2 Å². The van der Waals surface area contributed by atoms with Crippen LogP contribution in [0.4, 0.5) is 0 Å². The predicted octanol–water partition coefficient (Wildman–Crippen LogP) is 2.10. The summed E-state index contributed by atoms with van der Waals surface area (Å²) in [4.78, 5) is 0. The number of nitrogens with one attached hydrogen (secondary N) is 1. The number of hydrogen-bond acceptors (Lipinski definition) is 3. The topological polar surface area (TPSA) is 30.5 Å². The first kappa shape index (κ1) is 12.3. The summed E-state index contributed by atoms with van der Waals surface area (Å²) in [6.45, 7) is 4.20. The van der Waals surface area contributed by atoms with E-state index in [0.717, 1.165) is 26.3 Å². The van der Waals surface area contributed by atoms with E-state index in [0.29, 0.717) is 12.2 Å². The van der Waals surface area contributed by atoms with Crippen molar-refractivity contribution in [3.63, 3.8) is 0 Å². The van der Waals surface area contributed by atoms with Crippen LogP contribution >= 0.6 is 0 Å². The van der Waals surface area contributed by atoms with Gasteiger partial charge in [0.2, 0.25) is 0 Å². The van der Waals surface area contributed by atoms with Crippen LogP contribution in [0.3, 0.4) is 0 Å². The third-order valence-corrected chi connectivity index (χ3v) is 3.57. The van der Waals surface area contributed by atoms with Crippen LogP contribution in [0.15, 0.2) is 0 Å². The van der Waals surface area contributed by atoms with Gasteiger partial charge >= 0.3 is 0 Å². The highest BCUT2D eigenvalue weighted by molar-refractivity contribution is 4.67. The Kier molecular flexibility index (Phi) is 5.59. The van der Waals surface area contributed by atoms with Crippen LogP contribution < -0.4 is 5.32 Å². The van der Waals surface area contributed by atoms with Crippen molar-refractivity contribution >= 4 is 0 Å². The molecular formula is C13H25NO2. The van der Waals surface area contributed by atoms with Gasteiger partial charge in [-0.15, -0.1) is 0 Å². The van der Waals surface area contributed by atoms with Crippen molar-refractivity contribution in [2.24, 2.45) is 0 Å². The molecule has 0 aromatic carbocycles. The second-order valence-corrected chi connectivity index (χ2v) is 4.95. The van der Waals surface area contributed by atoms with Crippen LogP contribution in [0.5, 0.6) is 0 Å². The Labute approximate surface area is 98.9 Å². The summed E-state index contributed by atoms with van der Waals surface area (Å²) in [6.07, 6.45) is 9.79. The molecule has 94 valence electrons. The van der Waals surface area contributed by atoms with E-state index in [1.54, 1.807) is 0 Å². The fourth-order valence-corrected chi connectivity index (χ4v) is 2.59. The smallest absolute Gasteiger partial charge is 0.0588 e. The van der Waals surface area contributed by atoms with E-state index in [4.69, 9.17) is 9.47 Å². The van der Waals surface area contributed by atoms with Gasteiger partial charge in [0.1, 0.15) is 0 Å². The largest absolute Gasteiger partial charge is 0.378 e. The third-order valence-electron chi connectivity index (χ3n) is 3.57. The maximum Gasteiger partial charge on any atom is 0.0588 e. The molecule has 0 saturated carbocycles. The Morgan fingerprint density at radius 2 is 1.56 bits per heavy atom. The van der Waals surface area contributed by atoms with Crippen LogP contribution in [0.25, 0.3) is 0 Å². The quantitative estimate of drug-likeness (QED) is 0.676. The Hall–Kier alpha value is -0.120. The highest BCUT2D eigenvalue weighted by Gasteiger charge is 2.15. The minimum absolute atomic E-state index is 0.533. The van der Waals surface area contributed by atoms with Crippen LogP contribution in [0.1, 0.15) is 44.9 Å². The molecule has 0 radical (unpaired) electrons. The lowest BCUT2D eigenvalue weighted by Crippen LogP contribution is -2.22. The average molecular weight is 227 g/mol. The second kappa shape index (κ2) is 7.25. The zero-order valence-corrected chi connectivity index (χ0v) is 10.2. The van der Waals surface area contributed by atoms with Gasteiger partial charge in [0.15, 0.2) is 0 Å². The summed E-state index contributed by atoms with van der Waals surface area (Å²) in [5.41, 5.74) is 0. The van der Waals surface area contributed by atoms with Crippen molar-refractivity contribution in [1.82, 2.24) is 5.32 Å². The molecular weight excluding hydrogens is 202 g/mol. The van der Waals surface area contributed by atoms with Crippen molar-refractivity contribution in [3.8, 4) is 0 Å². The zero-order chi connectivity index (χ0) is 11.1. The summed E-state index contributed by atoms with van der Waals surface area (Å²) < 4.78 is 11.2. The Balaban J connectivity index is 1.37. The molecule has 0 spiro atoms. The molecule has 0 aliphatic carbocycles. The highest BCUT2D eigenvalue weighted by Crippen LogP contribution is 2.16. The van der Waals surface area contributed by atoms with Gasteiger partial charge in [-0.1, -0.05) is 0 Å². The normalized spacial score (nSPS) is 30.0. The fraction of sp³-hybridized carbons (Fsp3) is 1.00. The summed E-state index contributed by atoms with van der Waals surface area (Å²) in [6, 6.07) is 0. The maximum absolute atomic E-state index is 5.59. The second-order valence-electron chi connectivity index (χ2n) is 4.95. The van der Waals surface area contributed by atoms with Crippen LogP contribution in [0.2, 0.25) is 0 Å². The van der Waals surface area contributed by atoms with E-state index in [-0.39, 0.29) is 0 Å². The molecule has 2 unspecified atom stereocenters. The van der Waals surface area contributed by atoms with E-state index >= 15 is 0 Å².